The van der Waals surface area contributed by atoms with Gasteiger partial charge in [0.25, 0.3) is 5.56 Å². The number of hydrogen-bond donors (Lipinski definition) is 1. The van der Waals surface area contributed by atoms with Crippen LogP contribution < -0.4 is 5.56 Å². The first-order valence-electron chi connectivity index (χ1n) is 10.4. The van der Waals surface area contributed by atoms with Gasteiger partial charge in [-0.15, -0.1) is 21.5 Å². The molecule has 0 aliphatic carbocycles. The fourth-order valence-corrected chi connectivity index (χ4v) is 5.86. The monoisotopic (exact) mass is 487 g/mol. The van der Waals surface area contributed by atoms with Crippen molar-refractivity contribution in [2.75, 3.05) is 6.61 Å². The molecule has 3 aromatic heterocycles. The van der Waals surface area contributed by atoms with Gasteiger partial charge in [0.15, 0.2) is 11.0 Å². The number of benzene rings is 1. The van der Waals surface area contributed by atoms with Crippen LogP contribution in [0.1, 0.15) is 29.1 Å². The second-order valence-corrected chi connectivity index (χ2v) is 10.4. The molecule has 0 unspecified atom stereocenters. The summed E-state index contributed by atoms with van der Waals surface area (Å²) in [6.07, 6.45) is 2.23. The summed E-state index contributed by atoms with van der Waals surface area (Å²) >= 11 is 9.13. The lowest BCUT2D eigenvalue weighted by atomic mass is 10.2. The quantitative estimate of drug-likeness (QED) is 0.386. The molecular formula is C22H22ClN5O2S2. The Morgan fingerprint density at radius 3 is 2.84 bits per heavy atom. The van der Waals surface area contributed by atoms with E-state index in [0.717, 1.165) is 51.3 Å². The van der Waals surface area contributed by atoms with E-state index in [1.54, 1.807) is 11.3 Å². The number of rotatable bonds is 6. The van der Waals surface area contributed by atoms with Crippen LogP contribution in [0.3, 0.4) is 0 Å². The van der Waals surface area contributed by atoms with Crippen LogP contribution in [0, 0.1) is 13.8 Å². The Hall–Kier alpha value is -2.20. The zero-order valence-corrected chi connectivity index (χ0v) is 20.1. The van der Waals surface area contributed by atoms with E-state index < -0.39 is 0 Å². The van der Waals surface area contributed by atoms with Crippen molar-refractivity contribution in [3.63, 3.8) is 0 Å². The van der Waals surface area contributed by atoms with Gasteiger partial charge in [0.2, 0.25) is 0 Å². The Bertz CT molecular complexity index is 1320. The molecular weight excluding hydrogens is 466 g/mol. The van der Waals surface area contributed by atoms with Gasteiger partial charge < -0.3 is 9.72 Å². The number of ether oxygens (including phenoxy) is 1. The maximum atomic E-state index is 12.6. The van der Waals surface area contributed by atoms with Gasteiger partial charge in [-0.3, -0.25) is 9.36 Å². The van der Waals surface area contributed by atoms with Crippen LogP contribution >= 0.6 is 34.7 Å². The van der Waals surface area contributed by atoms with Gasteiger partial charge in [0.05, 0.1) is 23.8 Å². The van der Waals surface area contributed by atoms with Gasteiger partial charge in [-0.05, 0) is 56.5 Å². The molecule has 1 fully saturated rings. The lowest BCUT2D eigenvalue weighted by Gasteiger charge is -2.14. The Morgan fingerprint density at radius 2 is 2.09 bits per heavy atom. The van der Waals surface area contributed by atoms with Crippen LogP contribution in [0.2, 0.25) is 5.02 Å². The summed E-state index contributed by atoms with van der Waals surface area (Å²) in [5, 5.41) is 11.0. The fraction of sp³-hybridized carbons (Fsp3) is 0.364. The van der Waals surface area contributed by atoms with E-state index in [4.69, 9.17) is 16.3 Å². The average molecular weight is 488 g/mol. The molecule has 0 bridgehead atoms. The summed E-state index contributed by atoms with van der Waals surface area (Å²) in [7, 11) is 0. The molecule has 166 valence electrons. The Labute approximate surface area is 198 Å². The highest BCUT2D eigenvalue weighted by Gasteiger charge is 2.22. The van der Waals surface area contributed by atoms with E-state index in [0.29, 0.717) is 28.5 Å². The minimum Gasteiger partial charge on any atom is -0.376 e. The second kappa shape index (κ2) is 8.97. The van der Waals surface area contributed by atoms with Crippen molar-refractivity contribution in [2.45, 2.75) is 50.2 Å². The molecule has 0 amide bonds. The Kier molecular flexibility index (Phi) is 6.07. The molecule has 0 radical (unpaired) electrons. The number of aryl methyl sites for hydroxylation is 2. The number of thiophene rings is 1. The predicted octanol–water partition coefficient (Wildman–Crippen LogP) is 4.98. The van der Waals surface area contributed by atoms with E-state index in [1.165, 1.54) is 11.8 Å². The molecule has 1 saturated heterocycles. The number of halogens is 1. The van der Waals surface area contributed by atoms with Crippen molar-refractivity contribution >= 4 is 44.9 Å². The highest BCUT2D eigenvalue weighted by molar-refractivity contribution is 7.98. The summed E-state index contributed by atoms with van der Waals surface area (Å²) in [5.74, 6) is 1.90. The third-order valence-electron chi connectivity index (χ3n) is 5.66. The third-order valence-corrected chi connectivity index (χ3v) is 7.99. The van der Waals surface area contributed by atoms with Gasteiger partial charge in [-0.1, -0.05) is 23.4 Å². The third kappa shape index (κ3) is 4.22. The summed E-state index contributed by atoms with van der Waals surface area (Å²) in [6.45, 7) is 5.45. The second-order valence-electron chi connectivity index (χ2n) is 7.82. The molecule has 1 aliphatic heterocycles. The fourth-order valence-electron chi connectivity index (χ4n) is 3.87. The number of H-pyrrole nitrogens is 1. The molecule has 7 nitrogen and oxygen atoms in total. The van der Waals surface area contributed by atoms with E-state index in [2.05, 4.69) is 24.7 Å². The van der Waals surface area contributed by atoms with Crippen LogP contribution in [0.4, 0.5) is 0 Å². The van der Waals surface area contributed by atoms with Crippen molar-refractivity contribution in [2.24, 2.45) is 0 Å². The lowest BCUT2D eigenvalue weighted by molar-refractivity contribution is 0.0953. The van der Waals surface area contributed by atoms with Gasteiger partial charge >= 0.3 is 0 Å². The number of aromatic nitrogens is 5. The van der Waals surface area contributed by atoms with Gasteiger partial charge in [-0.2, -0.15) is 0 Å². The Balaban J connectivity index is 1.44. The van der Waals surface area contributed by atoms with Crippen molar-refractivity contribution in [1.29, 1.82) is 0 Å². The number of hydrogen-bond acceptors (Lipinski definition) is 7. The first-order chi connectivity index (χ1) is 15.5. The van der Waals surface area contributed by atoms with Crippen LogP contribution in [0.25, 0.3) is 21.6 Å². The number of nitrogens with zero attached hydrogens (tertiary/aromatic N) is 4. The standard InChI is InChI=1S/C22H22ClN5O2S2/c1-12-13(2)32-21-18(12)20(29)24-17(25-21)11-31-22-27-26-19(14-5-7-15(23)8-6-14)28(22)10-16-4-3-9-30-16/h5-8,16H,3-4,9-11H2,1-2H3,(H,24,25,29)/t16-/m0/s1. The summed E-state index contributed by atoms with van der Waals surface area (Å²) in [4.78, 5) is 22.1. The molecule has 0 spiro atoms. The van der Waals surface area contributed by atoms with Crippen molar-refractivity contribution in [1.82, 2.24) is 24.7 Å². The summed E-state index contributed by atoms with van der Waals surface area (Å²) in [5.41, 5.74) is 1.86. The maximum Gasteiger partial charge on any atom is 0.259 e. The van der Waals surface area contributed by atoms with E-state index in [-0.39, 0.29) is 11.7 Å². The van der Waals surface area contributed by atoms with Crippen molar-refractivity contribution in [3.8, 4) is 11.4 Å². The molecule has 1 aromatic carbocycles. The Morgan fingerprint density at radius 1 is 1.28 bits per heavy atom. The van der Waals surface area contributed by atoms with E-state index in [1.807, 2.05) is 38.1 Å². The minimum atomic E-state index is -0.0878. The molecule has 10 heteroatoms. The van der Waals surface area contributed by atoms with Gasteiger partial charge in [0.1, 0.15) is 10.7 Å². The smallest absolute Gasteiger partial charge is 0.259 e. The maximum absolute atomic E-state index is 12.6. The molecule has 1 aliphatic rings. The molecule has 32 heavy (non-hydrogen) atoms. The highest BCUT2D eigenvalue weighted by Crippen LogP contribution is 2.30. The number of thioether (sulfide) groups is 1. The topological polar surface area (TPSA) is 85.7 Å². The van der Waals surface area contributed by atoms with Crippen LogP contribution in [-0.2, 0) is 17.0 Å². The molecule has 4 aromatic rings. The number of fused-ring (bicyclic) bond motifs is 1. The van der Waals surface area contributed by atoms with Crippen molar-refractivity contribution < 1.29 is 4.74 Å². The molecule has 1 N–H and O–H groups in total. The van der Waals surface area contributed by atoms with Crippen molar-refractivity contribution in [3.05, 3.63) is 55.9 Å². The lowest BCUT2D eigenvalue weighted by Crippen LogP contribution is -2.17. The molecule has 0 saturated carbocycles. The largest absolute Gasteiger partial charge is 0.376 e. The molecule has 5 rings (SSSR count). The number of nitrogens with one attached hydrogen (secondary N) is 1. The summed E-state index contributed by atoms with van der Waals surface area (Å²) < 4.78 is 7.96. The number of aromatic amines is 1. The first kappa shape index (κ1) is 21.6. The molecule has 4 heterocycles. The predicted molar refractivity (Wildman–Crippen MR) is 129 cm³/mol. The van der Waals surface area contributed by atoms with Crippen LogP contribution in [0.15, 0.2) is 34.2 Å². The van der Waals surface area contributed by atoms with E-state index >= 15 is 0 Å². The zero-order chi connectivity index (χ0) is 22.2. The average Bonchev–Trinajstić information content (AvgIpc) is 3.49. The van der Waals surface area contributed by atoms with E-state index in [9.17, 15) is 4.79 Å². The van der Waals surface area contributed by atoms with Gasteiger partial charge in [0, 0.05) is 22.1 Å². The highest BCUT2D eigenvalue weighted by atomic mass is 35.5. The van der Waals surface area contributed by atoms with Crippen LogP contribution in [0.5, 0.6) is 0 Å². The normalized spacial score (nSPS) is 16.3. The first-order valence-corrected chi connectivity index (χ1v) is 12.6. The molecule has 1 atom stereocenters. The van der Waals surface area contributed by atoms with Gasteiger partial charge in [-0.25, -0.2) is 4.98 Å². The summed E-state index contributed by atoms with van der Waals surface area (Å²) in [6, 6.07) is 7.59. The van der Waals surface area contributed by atoms with Crippen LogP contribution in [-0.4, -0.2) is 37.4 Å². The minimum absolute atomic E-state index is 0.0878. The zero-order valence-electron chi connectivity index (χ0n) is 17.7. The SMILES string of the molecule is Cc1sc2nc(CSc3nnc(-c4ccc(Cl)cc4)n3C[C@@H]3CCCO3)[nH]c(=O)c2c1C.